The van der Waals surface area contributed by atoms with Crippen LogP contribution in [0.25, 0.3) is 0 Å². The van der Waals surface area contributed by atoms with Crippen molar-refractivity contribution in [2.75, 3.05) is 33.2 Å². The SMILES string of the molecule is C[C@@H]1CCC[C@@H](N2CCN(C)CC2)C1. The number of hydrogen-bond acceptors (Lipinski definition) is 2. The average molecular weight is 196 g/mol. The first-order valence-corrected chi connectivity index (χ1v) is 6.18. The standard InChI is InChI=1S/C12H24N2/c1-11-4-3-5-12(10-11)14-8-6-13(2)7-9-14/h11-12H,3-10H2,1-2H3/t11-,12-/m1/s1. The summed E-state index contributed by atoms with van der Waals surface area (Å²) in [5.74, 6) is 0.966. The van der Waals surface area contributed by atoms with Gasteiger partial charge in [-0.25, -0.2) is 0 Å². The van der Waals surface area contributed by atoms with Crippen molar-refractivity contribution in [3.05, 3.63) is 0 Å². The maximum Gasteiger partial charge on any atom is 0.0113 e. The summed E-state index contributed by atoms with van der Waals surface area (Å²) in [5, 5.41) is 0. The molecule has 2 nitrogen and oxygen atoms in total. The Kier molecular flexibility index (Phi) is 3.45. The smallest absolute Gasteiger partial charge is 0.0113 e. The summed E-state index contributed by atoms with van der Waals surface area (Å²) in [6.07, 6.45) is 5.82. The summed E-state index contributed by atoms with van der Waals surface area (Å²) in [4.78, 5) is 5.18. The van der Waals surface area contributed by atoms with E-state index >= 15 is 0 Å². The molecule has 2 aliphatic rings. The Morgan fingerprint density at radius 2 is 1.71 bits per heavy atom. The zero-order chi connectivity index (χ0) is 9.97. The normalized spacial score (nSPS) is 37.3. The molecule has 1 saturated heterocycles. The van der Waals surface area contributed by atoms with Crippen LogP contribution in [0.2, 0.25) is 0 Å². The van der Waals surface area contributed by atoms with E-state index in [2.05, 4.69) is 23.8 Å². The van der Waals surface area contributed by atoms with Crippen LogP contribution in [0.15, 0.2) is 0 Å². The summed E-state index contributed by atoms with van der Waals surface area (Å²) in [6, 6.07) is 0.910. The van der Waals surface area contributed by atoms with Crippen LogP contribution in [0.3, 0.4) is 0 Å². The van der Waals surface area contributed by atoms with Gasteiger partial charge in [-0.2, -0.15) is 0 Å². The average Bonchev–Trinajstić information content (AvgIpc) is 2.19. The molecule has 82 valence electrons. The van der Waals surface area contributed by atoms with E-state index in [1.165, 1.54) is 51.9 Å². The molecule has 1 aliphatic heterocycles. The lowest BCUT2D eigenvalue weighted by Crippen LogP contribution is -2.50. The van der Waals surface area contributed by atoms with Gasteiger partial charge in [-0.1, -0.05) is 19.8 Å². The Morgan fingerprint density at radius 3 is 2.36 bits per heavy atom. The van der Waals surface area contributed by atoms with Gasteiger partial charge in [-0.05, 0) is 25.8 Å². The molecule has 2 atom stereocenters. The van der Waals surface area contributed by atoms with Gasteiger partial charge in [0.1, 0.15) is 0 Å². The molecule has 0 aromatic rings. The quantitative estimate of drug-likeness (QED) is 0.631. The summed E-state index contributed by atoms with van der Waals surface area (Å²) in [6.45, 7) is 7.56. The van der Waals surface area contributed by atoms with Crippen LogP contribution in [0, 0.1) is 5.92 Å². The van der Waals surface area contributed by atoms with Crippen molar-refractivity contribution in [3.8, 4) is 0 Å². The van der Waals surface area contributed by atoms with Gasteiger partial charge in [0.15, 0.2) is 0 Å². The Balaban J connectivity index is 1.82. The molecule has 0 bridgehead atoms. The zero-order valence-corrected chi connectivity index (χ0v) is 9.71. The number of hydrogen-bond donors (Lipinski definition) is 0. The largest absolute Gasteiger partial charge is 0.304 e. The Morgan fingerprint density at radius 1 is 1.00 bits per heavy atom. The minimum atomic E-state index is 0.910. The third kappa shape index (κ3) is 2.48. The van der Waals surface area contributed by atoms with Crippen LogP contribution in [0.5, 0.6) is 0 Å². The van der Waals surface area contributed by atoms with E-state index in [9.17, 15) is 0 Å². The fourth-order valence-corrected chi connectivity index (χ4v) is 2.92. The first-order valence-electron chi connectivity index (χ1n) is 6.18. The molecule has 0 unspecified atom stereocenters. The third-order valence-electron chi connectivity index (χ3n) is 3.96. The van der Waals surface area contributed by atoms with Crippen molar-refractivity contribution in [3.63, 3.8) is 0 Å². The highest BCUT2D eigenvalue weighted by atomic mass is 15.3. The summed E-state index contributed by atoms with van der Waals surface area (Å²) >= 11 is 0. The Bertz CT molecular complexity index is 173. The molecule has 2 fully saturated rings. The van der Waals surface area contributed by atoms with Crippen LogP contribution in [-0.2, 0) is 0 Å². The van der Waals surface area contributed by atoms with Gasteiger partial charge in [-0.3, -0.25) is 4.90 Å². The molecule has 1 saturated carbocycles. The van der Waals surface area contributed by atoms with Gasteiger partial charge in [0.2, 0.25) is 0 Å². The molecule has 2 rings (SSSR count). The molecule has 14 heavy (non-hydrogen) atoms. The van der Waals surface area contributed by atoms with Crippen LogP contribution < -0.4 is 0 Å². The van der Waals surface area contributed by atoms with Gasteiger partial charge in [0, 0.05) is 32.2 Å². The fourth-order valence-electron chi connectivity index (χ4n) is 2.92. The lowest BCUT2D eigenvalue weighted by atomic mass is 9.86. The van der Waals surface area contributed by atoms with E-state index in [1.54, 1.807) is 0 Å². The van der Waals surface area contributed by atoms with Crippen molar-refractivity contribution in [1.82, 2.24) is 9.80 Å². The molecule has 0 N–H and O–H groups in total. The van der Waals surface area contributed by atoms with Gasteiger partial charge in [-0.15, -0.1) is 0 Å². The number of likely N-dealkylation sites (N-methyl/N-ethyl adjacent to an activating group) is 1. The van der Waals surface area contributed by atoms with Gasteiger partial charge < -0.3 is 4.90 Å². The molecule has 1 heterocycles. The summed E-state index contributed by atoms with van der Waals surface area (Å²) < 4.78 is 0. The van der Waals surface area contributed by atoms with E-state index in [4.69, 9.17) is 0 Å². The van der Waals surface area contributed by atoms with E-state index in [0.29, 0.717) is 0 Å². The molecule has 1 aliphatic carbocycles. The molecule has 2 heteroatoms. The molecular weight excluding hydrogens is 172 g/mol. The van der Waals surface area contributed by atoms with Crippen molar-refractivity contribution < 1.29 is 0 Å². The van der Waals surface area contributed by atoms with Crippen molar-refractivity contribution in [2.45, 2.75) is 38.6 Å². The highest BCUT2D eigenvalue weighted by Crippen LogP contribution is 2.27. The lowest BCUT2D eigenvalue weighted by Gasteiger charge is -2.41. The minimum Gasteiger partial charge on any atom is -0.304 e. The van der Waals surface area contributed by atoms with Crippen molar-refractivity contribution in [1.29, 1.82) is 0 Å². The Hall–Kier alpha value is -0.0800. The van der Waals surface area contributed by atoms with Gasteiger partial charge >= 0.3 is 0 Å². The van der Waals surface area contributed by atoms with E-state index in [0.717, 1.165) is 12.0 Å². The van der Waals surface area contributed by atoms with Crippen LogP contribution in [0.1, 0.15) is 32.6 Å². The predicted octanol–water partition coefficient (Wildman–Crippen LogP) is 1.81. The van der Waals surface area contributed by atoms with E-state index in [-0.39, 0.29) is 0 Å². The predicted molar refractivity (Wildman–Crippen MR) is 60.5 cm³/mol. The fraction of sp³-hybridized carbons (Fsp3) is 1.00. The van der Waals surface area contributed by atoms with Crippen molar-refractivity contribution in [2.24, 2.45) is 5.92 Å². The maximum atomic E-state index is 2.73. The van der Waals surface area contributed by atoms with E-state index in [1.807, 2.05) is 0 Å². The van der Waals surface area contributed by atoms with Crippen LogP contribution in [-0.4, -0.2) is 49.1 Å². The van der Waals surface area contributed by atoms with Crippen molar-refractivity contribution >= 4 is 0 Å². The van der Waals surface area contributed by atoms with Crippen LogP contribution in [0.4, 0.5) is 0 Å². The third-order valence-corrected chi connectivity index (χ3v) is 3.96. The molecule has 0 amide bonds. The van der Waals surface area contributed by atoms with E-state index < -0.39 is 0 Å². The summed E-state index contributed by atoms with van der Waals surface area (Å²) in [5.41, 5.74) is 0. The molecule has 0 aromatic heterocycles. The molecule has 0 aromatic carbocycles. The number of rotatable bonds is 1. The highest BCUT2D eigenvalue weighted by Gasteiger charge is 2.26. The minimum absolute atomic E-state index is 0.910. The summed E-state index contributed by atoms with van der Waals surface area (Å²) in [7, 11) is 2.24. The second kappa shape index (κ2) is 4.63. The van der Waals surface area contributed by atoms with Crippen LogP contribution >= 0.6 is 0 Å². The Labute approximate surface area is 88.3 Å². The molecular formula is C12H24N2. The monoisotopic (exact) mass is 196 g/mol. The zero-order valence-electron chi connectivity index (χ0n) is 9.71. The highest BCUT2D eigenvalue weighted by molar-refractivity contribution is 4.81. The first-order chi connectivity index (χ1) is 6.75. The second-order valence-corrected chi connectivity index (χ2v) is 5.26. The topological polar surface area (TPSA) is 6.48 Å². The maximum absolute atomic E-state index is 2.73. The molecule has 0 radical (unpaired) electrons. The van der Waals surface area contributed by atoms with Gasteiger partial charge in [0.25, 0.3) is 0 Å². The second-order valence-electron chi connectivity index (χ2n) is 5.26. The first kappa shape index (κ1) is 10.4. The van der Waals surface area contributed by atoms with Gasteiger partial charge in [0.05, 0.1) is 0 Å². The number of nitrogens with zero attached hydrogens (tertiary/aromatic N) is 2. The molecule has 0 spiro atoms. The number of piperazine rings is 1. The lowest BCUT2D eigenvalue weighted by molar-refractivity contribution is 0.0797.